The minimum Gasteiger partial charge on any atom is -0.460 e. The van der Waals surface area contributed by atoms with Crippen molar-refractivity contribution in [1.82, 2.24) is 0 Å². The minimum absolute atomic E-state index is 0.0927. The van der Waals surface area contributed by atoms with Crippen LogP contribution in [-0.4, -0.2) is 22.8 Å². The molecule has 0 saturated heterocycles. The summed E-state index contributed by atoms with van der Waals surface area (Å²) >= 11 is 0. The average Bonchev–Trinajstić information content (AvgIpc) is 1.77. The van der Waals surface area contributed by atoms with E-state index in [2.05, 4.69) is 0 Å². The van der Waals surface area contributed by atoms with Gasteiger partial charge in [0.15, 0.2) is 0 Å². The lowest BCUT2D eigenvalue weighted by molar-refractivity contribution is -0.157. The normalized spacial score (nSPS) is 14.2. The first-order chi connectivity index (χ1) is 6.20. The molecule has 0 aromatic carbocycles. The van der Waals surface area contributed by atoms with E-state index < -0.39 is 11.7 Å². The molecule has 0 heterocycles. The van der Waals surface area contributed by atoms with Crippen LogP contribution in [0.15, 0.2) is 0 Å². The molecule has 0 aliphatic rings. The summed E-state index contributed by atoms with van der Waals surface area (Å²) in [5.74, 6) is 0.0677. The van der Waals surface area contributed by atoms with Crippen LogP contribution in [0.3, 0.4) is 0 Å². The number of rotatable bonds is 4. The molecule has 0 aliphatic heterocycles. The summed E-state index contributed by atoms with van der Waals surface area (Å²) in [6, 6.07) is 0. The Morgan fingerprint density at radius 2 is 1.86 bits per heavy atom. The standard InChI is InChI=1S/C11H22O3/c1-8(2)6-9(12)7-10(13)14-11(3,4)5/h8-9,12H,6-7H2,1-5H3. The van der Waals surface area contributed by atoms with Crippen molar-refractivity contribution in [2.24, 2.45) is 5.92 Å². The highest BCUT2D eigenvalue weighted by Crippen LogP contribution is 2.12. The van der Waals surface area contributed by atoms with E-state index in [0.29, 0.717) is 12.3 Å². The van der Waals surface area contributed by atoms with Crippen LogP contribution in [0.25, 0.3) is 0 Å². The summed E-state index contributed by atoms with van der Waals surface area (Å²) in [7, 11) is 0. The third-order valence-corrected chi connectivity index (χ3v) is 1.57. The van der Waals surface area contributed by atoms with Crippen molar-refractivity contribution < 1.29 is 14.6 Å². The Labute approximate surface area is 86.5 Å². The monoisotopic (exact) mass is 202 g/mol. The average molecular weight is 202 g/mol. The van der Waals surface area contributed by atoms with E-state index in [0.717, 1.165) is 0 Å². The van der Waals surface area contributed by atoms with Crippen LogP contribution < -0.4 is 0 Å². The summed E-state index contributed by atoms with van der Waals surface area (Å²) in [6.45, 7) is 9.48. The molecule has 0 fully saturated rings. The topological polar surface area (TPSA) is 46.5 Å². The predicted molar refractivity (Wildman–Crippen MR) is 55.9 cm³/mol. The number of aliphatic hydroxyl groups is 1. The first-order valence-corrected chi connectivity index (χ1v) is 5.10. The zero-order valence-corrected chi connectivity index (χ0v) is 9.83. The van der Waals surface area contributed by atoms with E-state index in [1.165, 1.54) is 0 Å². The van der Waals surface area contributed by atoms with E-state index in [1.807, 2.05) is 34.6 Å². The molecular weight excluding hydrogens is 180 g/mol. The first-order valence-electron chi connectivity index (χ1n) is 5.10. The molecule has 0 aromatic rings. The number of aliphatic hydroxyl groups excluding tert-OH is 1. The Kier molecular flexibility index (Phi) is 5.13. The zero-order chi connectivity index (χ0) is 11.4. The van der Waals surface area contributed by atoms with Gasteiger partial charge in [0.2, 0.25) is 0 Å². The Morgan fingerprint density at radius 1 is 1.36 bits per heavy atom. The van der Waals surface area contributed by atoms with Crippen LogP contribution in [0, 0.1) is 5.92 Å². The van der Waals surface area contributed by atoms with Gasteiger partial charge in [0.05, 0.1) is 12.5 Å². The molecular formula is C11H22O3. The van der Waals surface area contributed by atoms with E-state index in [9.17, 15) is 9.90 Å². The van der Waals surface area contributed by atoms with Crippen LogP contribution in [0.4, 0.5) is 0 Å². The number of esters is 1. The fraction of sp³-hybridized carbons (Fsp3) is 0.909. The second-order valence-electron chi connectivity index (χ2n) is 5.07. The van der Waals surface area contributed by atoms with Gasteiger partial charge in [-0.2, -0.15) is 0 Å². The van der Waals surface area contributed by atoms with E-state index in [-0.39, 0.29) is 12.4 Å². The van der Waals surface area contributed by atoms with Crippen LogP contribution in [-0.2, 0) is 9.53 Å². The largest absolute Gasteiger partial charge is 0.460 e. The molecule has 3 heteroatoms. The van der Waals surface area contributed by atoms with Crippen molar-refractivity contribution in [3.8, 4) is 0 Å². The molecule has 1 unspecified atom stereocenters. The summed E-state index contributed by atoms with van der Waals surface area (Å²) in [6.07, 6.45) is 0.152. The lowest BCUT2D eigenvalue weighted by Crippen LogP contribution is -2.26. The predicted octanol–water partition coefficient (Wildman–Crippen LogP) is 2.13. The van der Waals surface area contributed by atoms with Crippen LogP contribution >= 0.6 is 0 Å². The van der Waals surface area contributed by atoms with Gasteiger partial charge < -0.3 is 9.84 Å². The fourth-order valence-electron chi connectivity index (χ4n) is 1.20. The van der Waals surface area contributed by atoms with Crippen molar-refractivity contribution in [2.45, 2.75) is 59.2 Å². The molecule has 0 saturated carbocycles. The molecule has 0 bridgehead atoms. The molecule has 84 valence electrons. The fourth-order valence-corrected chi connectivity index (χ4v) is 1.20. The Hall–Kier alpha value is -0.570. The van der Waals surface area contributed by atoms with Crippen molar-refractivity contribution in [3.63, 3.8) is 0 Å². The molecule has 0 aromatic heterocycles. The Bertz CT molecular complexity index is 179. The smallest absolute Gasteiger partial charge is 0.308 e. The van der Waals surface area contributed by atoms with Crippen molar-refractivity contribution in [2.75, 3.05) is 0 Å². The SMILES string of the molecule is CC(C)CC(O)CC(=O)OC(C)(C)C. The number of ether oxygens (including phenoxy) is 1. The van der Waals surface area contributed by atoms with Gasteiger partial charge in [-0.3, -0.25) is 4.79 Å². The first kappa shape index (κ1) is 13.4. The van der Waals surface area contributed by atoms with E-state index >= 15 is 0 Å². The van der Waals surface area contributed by atoms with Crippen LogP contribution in [0.1, 0.15) is 47.5 Å². The second-order valence-corrected chi connectivity index (χ2v) is 5.07. The van der Waals surface area contributed by atoms with Crippen molar-refractivity contribution in [1.29, 1.82) is 0 Å². The maximum absolute atomic E-state index is 11.3. The van der Waals surface area contributed by atoms with Crippen LogP contribution in [0.5, 0.6) is 0 Å². The number of carbonyl (C=O) groups is 1. The van der Waals surface area contributed by atoms with Gasteiger partial charge in [-0.15, -0.1) is 0 Å². The Morgan fingerprint density at radius 3 is 2.21 bits per heavy atom. The van der Waals surface area contributed by atoms with E-state index in [4.69, 9.17) is 4.74 Å². The van der Waals surface area contributed by atoms with Gasteiger partial charge >= 0.3 is 5.97 Å². The second kappa shape index (κ2) is 5.35. The van der Waals surface area contributed by atoms with Gasteiger partial charge in [0.1, 0.15) is 5.60 Å². The van der Waals surface area contributed by atoms with Gasteiger partial charge in [0.25, 0.3) is 0 Å². The number of carbonyl (C=O) groups excluding carboxylic acids is 1. The summed E-state index contributed by atoms with van der Waals surface area (Å²) in [4.78, 5) is 11.3. The van der Waals surface area contributed by atoms with Gasteiger partial charge in [-0.25, -0.2) is 0 Å². The van der Waals surface area contributed by atoms with Gasteiger partial charge in [-0.05, 0) is 33.1 Å². The van der Waals surface area contributed by atoms with Gasteiger partial charge in [-0.1, -0.05) is 13.8 Å². The quantitative estimate of drug-likeness (QED) is 0.710. The third kappa shape index (κ3) is 8.05. The van der Waals surface area contributed by atoms with Crippen molar-refractivity contribution >= 4 is 5.97 Å². The molecule has 0 radical (unpaired) electrons. The highest BCUT2D eigenvalue weighted by molar-refractivity contribution is 5.70. The zero-order valence-electron chi connectivity index (χ0n) is 9.83. The lowest BCUT2D eigenvalue weighted by atomic mass is 10.0. The maximum atomic E-state index is 11.3. The molecule has 1 atom stereocenters. The molecule has 0 amide bonds. The molecule has 3 nitrogen and oxygen atoms in total. The molecule has 0 spiro atoms. The summed E-state index contributed by atoms with van der Waals surface area (Å²) in [5, 5.41) is 9.49. The summed E-state index contributed by atoms with van der Waals surface area (Å²) in [5.41, 5.74) is -0.464. The van der Waals surface area contributed by atoms with Crippen LogP contribution in [0.2, 0.25) is 0 Å². The minimum atomic E-state index is -0.579. The third-order valence-electron chi connectivity index (χ3n) is 1.57. The summed E-state index contributed by atoms with van der Waals surface area (Å²) < 4.78 is 5.09. The Balaban J connectivity index is 3.83. The highest BCUT2D eigenvalue weighted by atomic mass is 16.6. The van der Waals surface area contributed by atoms with Crippen molar-refractivity contribution in [3.05, 3.63) is 0 Å². The van der Waals surface area contributed by atoms with Gasteiger partial charge in [0, 0.05) is 0 Å². The highest BCUT2D eigenvalue weighted by Gasteiger charge is 2.19. The van der Waals surface area contributed by atoms with E-state index in [1.54, 1.807) is 0 Å². The number of hydrogen-bond acceptors (Lipinski definition) is 3. The lowest BCUT2D eigenvalue weighted by Gasteiger charge is -2.21. The maximum Gasteiger partial charge on any atom is 0.308 e. The molecule has 14 heavy (non-hydrogen) atoms. The molecule has 0 rings (SSSR count). The number of hydrogen-bond donors (Lipinski definition) is 1. The molecule has 1 N–H and O–H groups in total. The molecule has 0 aliphatic carbocycles.